The molecular weight excluding hydrogens is 386 g/mol. The maximum Gasteiger partial charge on any atom is 0.335 e. The number of nitrogens with zero attached hydrogens (tertiary/aromatic N) is 1. The van der Waals surface area contributed by atoms with Crippen LogP contribution in [0.2, 0.25) is 0 Å². The summed E-state index contributed by atoms with van der Waals surface area (Å²) in [5.74, 6) is -0.894. The van der Waals surface area contributed by atoms with Crippen LogP contribution in [-0.2, 0) is 0 Å². The molecule has 0 aliphatic rings. The number of thiocarbonyl (C=S) groups is 1. The van der Waals surface area contributed by atoms with E-state index in [1.54, 1.807) is 18.2 Å². The molecule has 3 aromatic carbocycles. The molecule has 0 unspecified atom stereocenters. The zero-order chi connectivity index (χ0) is 20.8. The third-order valence-electron chi connectivity index (χ3n) is 4.24. The number of anilines is 1. The molecular formula is C22H19N3O3S. The Morgan fingerprint density at radius 1 is 1.03 bits per heavy atom. The minimum Gasteiger partial charge on any atom is -0.507 e. The van der Waals surface area contributed by atoms with Gasteiger partial charge in [0.2, 0.25) is 0 Å². The van der Waals surface area contributed by atoms with Gasteiger partial charge in [-0.15, -0.1) is 0 Å². The van der Waals surface area contributed by atoms with Gasteiger partial charge in [-0.25, -0.2) is 4.79 Å². The molecule has 29 heavy (non-hydrogen) atoms. The molecule has 0 saturated heterocycles. The first-order valence-corrected chi connectivity index (χ1v) is 9.18. The topological polar surface area (TPSA) is 94.0 Å². The van der Waals surface area contributed by atoms with Crippen molar-refractivity contribution in [2.24, 2.45) is 5.10 Å². The van der Waals surface area contributed by atoms with Crippen LogP contribution in [0.1, 0.15) is 21.5 Å². The van der Waals surface area contributed by atoms with Crippen molar-refractivity contribution in [3.05, 3.63) is 83.4 Å². The van der Waals surface area contributed by atoms with Crippen LogP contribution in [0.4, 0.5) is 5.69 Å². The molecule has 0 aromatic heterocycles. The Morgan fingerprint density at radius 2 is 1.76 bits per heavy atom. The molecule has 0 saturated carbocycles. The molecule has 7 heteroatoms. The first kappa shape index (κ1) is 20.0. The fourth-order valence-corrected chi connectivity index (χ4v) is 2.98. The van der Waals surface area contributed by atoms with Crippen LogP contribution in [0, 0.1) is 6.92 Å². The van der Waals surface area contributed by atoms with E-state index in [1.165, 1.54) is 18.3 Å². The maximum atomic E-state index is 11.0. The smallest absolute Gasteiger partial charge is 0.335 e. The van der Waals surface area contributed by atoms with Gasteiger partial charge in [-0.05, 0) is 54.5 Å². The Kier molecular flexibility index (Phi) is 6.21. The van der Waals surface area contributed by atoms with Gasteiger partial charge in [0.15, 0.2) is 5.11 Å². The van der Waals surface area contributed by atoms with Crippen molar-refractivity contribution in [1.29, 1.82) is 0 Å². The van der Waals surface area contributed by atoms with E-state index in [0.29, 0.717) is 11.3 Å². The summed E-state index contributed by atoms with van der Waals surface area (Å²) in [5, 5.41) is 26.8. The molecule has 0 aliphatic carbocycles. The lowest BCUT2D eigenvalue weighted by Crippen LogP contribution is -2.24. The van der Waals surface area contributed by atoms with Crippen molar-refractivity contribution in [2.75, 3.05) is 5.32 Å². The number of phenols is 1. The van der Waals surface area contributed by atoms with Gasteiger partial charge in [-0.3, -0.25) is 5.43 Å². The number of aromatic carboxylic acids is 1. The van der Waals surface area contributed by atoms with Gasteiger partial charge < -0.3 is 15.5 Å². The molecule has 0 bridgehead atoms. The number of benzene rings is 3. The number of phenolic OH excluding ortho intramolecular Hbond substituents is 1. The second kappa shape index (κ2) is 8.99. The van der Waals surface area contributed by atoms with Crippen LogP contribution in [0.5, 0.6) is 5.75 Å². The number of nitrogens with one attached hydrogen (secondary N) is 2. The quantitative estimate of drug-likeness (QED) is 0.286. The van der Waals surface area contributed by atoms with Crippen LogP contribution in [0.25, 0.3) is 11.1 Å². The third kappa shape index (κ3) is 4.97. The number of aryl methyl sites for hydroxylation is 1. The standard InChI is InChI=1S/C22H19N3O3S/c1-14-6-2-3-10-18(14)19-11-5-8-16(20(19)26)13-23-25-22(29)24-17-9-4-7-15(12-17)21(27)28/h2-13,26H,1H3,(H,27,28)(H2,24,25,29)/b23-13-. The zero-order valence-electron chi connectivity index (χ0n) is 15.6. The van der Waals surface area contributed by atoms with E-state index in [0.717, 1.165) is 16.7 Å². The van der Waals surface area contributed by atoms with Gasteiger partial charge >= 0.3 is 5.97 Å². The average Bonchev–Trinajstić information content (AvgIpc) is 2.70. The zero-order valence-corrected chi connectivity index (χ0v) is 16.4. The molecule has 0 aliphatic heterocycles. The largest absolute Gasteiger partial charge is 0.507 e. The second-order valence-electron chi connectivity index (χ2n) is 6.27. The number of para-hydroxylation sites is 1. The number of carboxylic acid groups (broad SMARTS) is 1. The van der Waals surface area contributed by atoms with Gasteiger partial charge in [0, 0.05) is 16.8 Å². The lowest BCUT2D eigenvalue weighted by Gasteiger charge is -2.10. The summed E-state index contributed by atoms with van der Waals surface area (Å²) in [6.45, 7) is 1.99. The molecule has 146 valence electrons. The summed E-state index contributed by atoms with van der Waals surface area (Å²) in [6, 6.07) is 19.5. The number of rotatable bonds is 5. The Balaban J connectivity index is 1.70. The number of aromatic hydroxyl groups is 1. The van der Waals surface area contributed by atoms with Crippen LogP contribution >= 0.6 is 12.2 Å². The summed E-state index contributed by atoms with van der Waals surface area (Å²) >= 11 is 5.17. The molecule has 0 amide bonds. The predicted octanol–water partition coefficient (Wildman–Crippen LogP) is 4.39. The number of carboxylic acids is 1. The van der Waals surface area contributed by atoms with Crippen LogP contribution in [0.3, 0.4) is 0 Å². The minimum absolute atomic E-state index is 0.125. The normalized spacial score (nSPS) is 10.7. The number of hydrogen-bond donors (Lipinski definition) is 4. The summed E-state index contributed by atoms with van der Waals surface area (Å²) < 4.78 is 0. The maximum absolute atomic E-state index is 11.0. The average molecular weight is 405 g/mol. The molecule has 0 radical (unpaired) electrons. The first-order chi connectivity index (χ1) is 14.0. The minimum atomic E-state index is -1.02. The molecule has 3 aromatic rings. The van der Waals surface area contributed by atoms with Gasteiger partial charge in [0.1, 0.15) is 5.75 Å². The lowest BCUT2D eigenvalue weighted by atomic mass is 9.98. The van der Waals surface area contributed by atoms with E-state index in [1.807, 2.05) is 43.3 Å². The molecule has 4 N–H and O–H groups in total. The number of hydrazone groups is 1. The summed E-state index contributed by atoms with van der Waals surface area (Å²) in [7, 11) is 0. The van der Waals surface area contributed by atoms with E-state index in [9.17, 15) is 9.90 Å². The molecule has 6 nitrogen and oxygen atoms in total. The highest BCUT2D eigenvalue weighted by atomic mass is 32.1. The fourth-order valence-electron chi connectivity index (χ4n) is 2.81. The molecule has 0 fully saturated rings. The third-order valence-corrected chi connectivity index (χ3v) is 4.43. The van der Waals surface area contributed by atoms with E-state index in [-0.39, 0.29) is 16.4 Å². The monoisotopic (exact) mass is 405 g/mol. The highest BCUT2D eigenvalue weighted by Gasteiger charge is 2.09. The van der Waals surface area contributed by atoms with Crippen molar-refractivity contribution in [3.8, 4) is 16.9 Å². The molecule has 0 spiro atoms. The van der Waals surface area contributed by atoms with Crippen LogP contribution in [0.15, 0.2) is 71.8 Å². The van der Waals surface area contributed by atoms with Gasteiger partial charge in [-0.2, -0.15) is 5.10 Å². The number of carbonyl (C=O) groups is 1. The predicted molar refractivity (Wildman–Crippen MR) is 119 cm³/mol. The molecule has 0 atom stereocenters. The number of hydrogen-bond acceptors (Lipinski definition) is 4. The summed E-state index contributed by atoms with van der Waals surface area (Å²) in [6.07, 6.45) is 1.47. The van der Waals surface area contributed by atoms with Gasteiger partial charge in [0.05, 0.1) is 11.8 Å². The summed E-state index contributed by atoms with van der Waals surface area (Å²) in [5.41, 5.74) is 6.60. The van der Waals surface area contributed by atoms with E-state index in [2.05, 4.69) is 15.8 Å². The van der Waals surface area contributed by atoms with Crippen LogP contribution in [-0.4, -0.2) is 27.5 Å². The highest BCUT2D eigenvalue weighted by molar-refractivity contribution is 7.80. The van der Waals surface area contributed by atoms with Crippen molar-refractivity contribution >= 4 is 35.2 Å². The Labute approximate surface area is 173 Å². The highest BCUT2D eigenvalue weighted by Crippen LogP contribution is 2.33. The first-order valence-electron chi connectivity index (χ1n) is 8.77. The molecule has 0 heterocycles. The Hall–Kier alpha value is -3.71. The summed E-state index contributed by atoms with van der Waals surface area (Å²) in [4.78, 5) is 11.0. The van der Waals surface area contributed by atoms with Gasteiger partial charge in [-0.1, -0.05) is 42.5 Å². The van der Waals surface area contributed by atoms with Crippen molar-refractivity contribution in [1.82, 2.24) is 5.43 Å². The lowest BCUT2D eigenvalue weighted by molar-refractivity contribution is 0.0697. The van der Waals surface area contributed by atoms with Crippen molar-refractivity contribution in [3.63, 3.8) is 0 Å². The van der Waals surface area contributed by atoms with Gasteiger partial charge in [0.25, 0.3) is 0 Å². The Bertz CT molecular complexity index is 1100. The Morgan fingerprint density at radius 3 is 2.52 bits per heavy atom. The van der Waals surface area contributed by atoms with Crippen molar-refractivity contribution in [2.45, 2.75) is 6.92 Å². The van der Waals surface area contributed by atoms with Crippen molar-refractivity contribution < 1.29 is 15.0 Å². The molecule has 3 rings (SSSR count). The fraction of sp³-hybridized carbons (Fsp3) is 0.0455. The van der Waals surface area contributed by atoms with E-state index >= 15 is 0 Å². The second-order valence-corrected chi connectivity index (χ2v) is 6.68. The van der Waals surface area contributed by atoms with Crippen LogP contribution < -0.4 is 10.7 Å². The SMILES string of the molecule is Cc1ccccc1-c1cccc(/C=N\NC(=S)Nc2cccc(C(=O)O)c2)c1O. The van der Waals surface area contributed by atoms with E-state index in [4.69, 9.17) is 17.3 Å². The van der Waals surface area contributed by atoms with E-state index < -0.39 is 5.97 Å².